The zero-order valence-electron chi connectivity index (χ0n) is 21.8. The molecule has 0 bridgehead atoms. The molecule has 0 radical (unpaired) electrons. The zero-order valence-corrected chi connectivity index (χ0v) is 26.3. The standard InChI is InChI=1S/C28H30Cl2IN3O4S/c1-19(2)16-32-28(36)20(3)33(17-21-9-14-25(29)26(30)15-21)27(35)18-34(23-12-10-22(31)11-13-23)39(37,38)24-7-5-4-6-8-24/h4-15,19-20H,16-18H2,1-3H3,(H,32,36). The lowest BCUT2D eigenvalue weighted by Crippen LogP contribution is -2.51. The number of carbonyl (C=O) groups is 2. The molecule has 208 valence electrons. The van der Waals surface area contributed by atoms with Crippen LogP contribution < -0.4 is 9.62 Å². The van der Waals surface area contributed by atoms with Gasteiger partial charge < -0.3 is 10.2 Å². The van der Waals surface area contributed by atoms with E-state index in [4.69, 9.17) is 23.2 Å². The normalized spacial score (nSPS) is 12.2. The van der Waals surface area contributed by atoms with Crippen LogP contribution in [0.3, 0.4) is 0 Å². The van der Waals surface area contributed by atoms with Gasteiger partial charge in [-0.25, -0.2) is 8.42 Å². The smallest absolute Gasteiger partial charge is 0.264 e. The first-order chi connectivity index (χ1) is 18.4. The van der Waals surface area contributed by atoms with E-state index in [-0.39, 0.29) is 23.3 Å². The Hall–Kier alpha value is -2.34. The van der Waals surface area contributed by atoms with Gasteiger partial charge in [0.05, 0.1) is 20.6 Å². The number of nitrogens with one attached hydrogen (secondary N) is 1. The second-order valence-corrected chi connectivity index (χ2v) is 13.3. The Morgan fingerprint density at radius 1 is 0.923 bits per heavy atom. The number of hydrogen-bond donors (Lipinski definition) is 1. The van der Waals surface area contributed by atoms with Crippen molar-refractivity contribution in [1.29, 1.82) is 0 Å². The third-order valence-electron chi connectivity index (χ3n) is 5.91. The Morgan fingerprint density at radius 2 is 1.56 bits per heavy atom. The van der Waals surface area contributed by atoms with E-state index in [1.165, 1.54) is 17.0 Å². The van der Waals surface area contributed by atoms with Crippen LogP contribution in [0.25, 0.3) is 0 Å². The van der Waals surface area contributed by atoms with E-state index in [0.717, 1.165) is 7.88 Å². The van der Waals surface area contributed by atoms with Crippen molar-refractivity contribution in [2.24, 2.45) is 5.92 Å². The van der Waals surface area contributed by atoms with Gasteiger partial charge in [-0.3, -0.25) is 13.9 Å². The molecule has 0 aliphatic rings. The lowest BCUT2D eigenvalue weighted by Gasteiger charge is -2.32. The number of benzene rings is 3. The number of carbonyl (C=O) groups excluding carboxylic acids is 2. The van der Waals surface area contributed by atoms with Gasteiger partial charge in [0, 0.05) is 16.7 Å². The largest absolute Gasteiger partial charge is 0.354 e. The number of hydrogen-bond acceptors (Lipinski definition) is 4. The number of amides is 2. The molecule has 11 heteroatoms. The van der Waals surface area contributed by atoms with Crippen LogP contribution in [-0.2, 0) is 26.2 Å². The summed E-state index contributed by atoms with van der Waals surface area (Å²) in [6.07, 6.45) is 0. The molecule has 1 atom stereocenters. The van der Waals surface area contributed by atoms with Crippen LogP contribution in [0.2, 0.25) is 10.0 Å². The van der Waals surface area contributed by atoms with E-state index < -0.39 is 28.5 Å². The average molecular weight is 702 g/mol. The van der Waals surface area contributed by atoms with Gasteiger partial charge in [0.25, 0.3) is 10.0 Å². The van der Waals surface area contributed by atoms with Crippen LogP contribution in [0.15, 0.2) is 77.7 Å². The number of sulfonamides is 1. The predicted molar refractivity (Wildman–Crippen MR) is 164 cm³/mol. The quantitative estimate of drug-likeness (QED) is 0.249. The summed E-state index contributed by atoms with van der Waals surface area (Å²) in [6, 6.07) is 18.8. The highest BCUT2D eigenvalue weighted by Crippen LogP contribution is 2.26. The minimum absolute atomic E-state index is 0.0257. The van der Waals surface area contributed by atoms with E-state index in [2.05, 4.69) is 27.9 Å². The van der Waals surface area contributed by atoms with Gasteiger partial charge in [-0.2, -0.15) is 0 Å². The van der Waals surface area contributed by atoms with Crippen molar-refractivity contribution < 1.29 is 18.0 Å². The Kier molecular flexibility index (Phi) is 11.1. The molecule has 3 aromatic rings. The van der Waals surface area contributed by atoms with E-state index in [1.807, 2.05) is 13.8 Å². The molecule has 1 N–H and O–H groups in total. The first-order valence-corrected chi connectivity index (χ1v) is 15.5. The lowest BCUT2D eigenvalue weighted by molar-refractivity contribution is -0.139. The molecule has 0 heterocycles. The van der Waals surface area contributed by atoms with Crippen molar-refractivity contribution in [3.8, 4) is 0 Å². The Balaban J connectivity index is 2.01. The van der Waals surface area contributed by atoms with Crippen LogP contribution in [-0.4, -0.2) is 44.3 Å². The topological polar surface area (TPSA) is 86.8 Å². The van der Waals surface area contributed by atoms with Gasteiger partial charge in [0.2, 0.25) is 11.8 Å². The minimum atomic E-state index is -4.10. The highest BCUT2D eigenvalue weighted by atomic mass is 127. The fourth-order valence-electron chi connectivity index (χ4n) is 3.73. The predicted octanol–water partition coefficient (Wildman–Crippen LogP) is 5.98. The minimum Gasteiger partial charge on any atom is -0.354 e. The molecule has 0 aliphatic heterocycles. The van der Waals surface area contributed by atoms with Gasteiger partial charge in [-0.15, -0.1) is 0 Å². The van der Waals surface area contributed by atoms with Gasteiger partial charge in [0.1, 0.15) is 12.6 Å². The molecule has 0 saturated carbocycles. The molecule has 0 saturated heterocycles. The second kappa shape index (κ2) is 13.8. The van der Waals surface area contributed by atoms with Crippen molar-refractivity contribution in [1.82, 2.24) is 10.2 Å². The average Bonchev–Trinajstić information content (AvgIpc) is 2.91. The zero-order chi connectivity index (χ0) is 28.7. The molecular weight excluding hydrogens is 672 g/mol. The maximum absolute atomic E-state index is 13.9. The van der Waals surface area contributed by atoms with Crippen molar-refractivity contribution >= 4 is 73.3 Å². The Morgan fingerprint density at radius 3 is 2.15 bits per heavy atom. The molecule has 3 rings (SSSR count). The molecule has 0 aromatic heterocycles. The molecule has 2 amide bonds. The van der Waals surface area contributed by atoms with Crippen LogP contribution in [0.4, 0.5) is 5.69 Å². The molecule has 7 nitrogen and oxygen atoms in total. The third-order valence-corrected chi connectivity index (χ3v) is 9.16. The van der Waals surface area contributed by atoms with Gasteiger partial charge in [-0.05, 0) is 89.5 Å². The molecule has 0 fully saturated rings. The second-order valence-electron chi connectivity index (χ2n) is 9.39. The van der Waals surface area contributed by atoms with Crippen LogP contribution in [0.1, 0.15) is 26.3 Å². The van der Waals surface area contributed by atoms with E-state index in [0.29, 0.717) is 27.8 Å². The maximum atomic E-state index is 13.9. The molecule has 1 unspecified atom stereocenters. The van der Waals surface area contributed by atoms with Gasteiger partial charge in [-0.1, -0.05) is 61.3 Å². The molecule has 0 aliphatic carbocycles. The van der Waals surface area contributed by atoms with E-state index in [9.17, 15) is 18.0 Å². The monoisotopic (exact) mass is 701 g/mol. The summed E-state index contributed by atoms with van der Waals surface area (Å²) in [4.78, 5) is 28.3. The molecule has 3 aromatic carbocycles. The van der Waals surface area contributed by atoms with E-state index in [1.54, 1.807) is 67.6 Å². The summed E-state index contributed by atoms with van der Waals surface area (Å²) in [7, 11) is -4.10. The first kappa shape index (κ1) is 31.2. The summed E-state index contributed by atoms with van der Waals surface area (Å²) in [5, 5.41) is 3.53. The van der Waals surface area contributed by atoms with Crippen molar-refractivity contribution in [3.63, 3.8) is 0 Å². The Labute approximate surface area is 253 Å². The van der Waals surface area contributed by atoms with Crippen LogP contribution >= 0.6 is 45.8 Å². The van der Waals surface area contributed by atoms with Crippen LogP contribution in [0.5, 0.6) is 0 Å². The van der Waals surface area contributed by atoms with Crippen molar-refractivity contribution in [3.05, 3.63) is 92.0 Å². The van der Waals surface area contributed by atoms with Crippen molar-refractivity contribution in [2.75, 3.05) is 17.4 Å². The molecular formula is C28H30Cl2IN3O4S. The maximum Gasteiger partial charge on any atom is 0.264 e. The highest BCUT2D eigenvalue weighted by Gasteiger charge is 2.32. The highest BCUT2D eigenvalue weighted by molar-refractivity contribution is 14.1. The number of rotatable bonds is 11. The van der Waals surface area contributed by atoms with Crippen molar-refractivity contribution in [2.45, 2.75) is 38.3 Å². The third kappa shape index (κ3) is 8.33. The summed E-state index contributed by atoms with van der Waals surface area (Å²) < 4.78 is 29.5. The van der Waals surface area contributed by atoms with E-state index >= 15 is 0 Å². The summed E-state index contributed by atoms with van der Waals surface area (Å²) >= 11 is 14.4. The Bertz CT molecular complexity index is 1400. The number of halogens is 3. The molecule has 39 heavy (non-hydrogen) atoms. The van der Waals surface area contributed by atoms with Gasteiger partial charge >= 0.3 is 0 Å². The van der Waals surface area contributed by atoms with Crippen LogP contribution in [0, 0.1) is 9.49 Å². The summed E-state index contributed by atoms with van der Waals surface area (Å²) in [5.74, 6) is -0.678. The SMILES string of the molecule is CC(C)CNC(=O)C(C)N(Cc1ccc(Cl)c(Cl)c1)C(=O)CN(c1ccc(I)cc1)S(=O)(=O)c1ccccc1. The molecule has 0 spiro atoms. The number of anilines is 1. The number of nitrogens with zero attached hydrogens (tertiary/aromatic N) is 2. The summed E-state index contributed by atoms with van der Waals surface area (Å²) in [5.41, 5.74) is 0.979. The lowest BCUT2D eigenvalue weighted by atomic mass is 10.1. The summed E-state index contributed by atoms with van der Waals surface area (Å²) in [6.45, 7) is 5.51. The van der Waals surface area contributed by atoms with Gasteiger partial charge in [0.15, 0.2) is 0 Å². The first-order valence-electron chi connectivity index (χ1n) is 12.2. The fraction of sp³-hybridized carbons (Fsp3) is 0.286. The fourth-order valence-corrected chi connectivity index (χ4v) is 5.84.